The van der Waals surface area contributed by atoms with Crippen LogP contribution in [0.3, 0.4) is 0 Å². The summed E-state index contributed by atoms with van der Waals surface area (Å²) < 4.78 is 19.2. The van der Waals surface area contributed by atoms with Gasteiger partial charge in [-0.15, -0.1) is 0 Å². The number of carbonyl (C=O) groups excluding carboxylic acids is 1. The quantitative estimate of drug-likeness (QED) is 0.340. The van der Waals surface area contributed by atoms with Gasteiger partial charge in [0.15, 0.2) is 0 Å². The van der Waals surface area contributed by atoms with Crippen molar-refractivity contribution in [2.45, 2.75) is 25.8 Å². The Morgan fingerprint density at radius 1 is 0.971 bits per heavy atom. The highest BCUT2D eigenvalue weighted by Gasteiger charge is 2.23. The molecule has 0 saturated heterocycles. The van der Waals surface area contributed by atoms with Crippen molar-refractivity contribution in [3.63, 3.8) is 0 Å². The number of hydrogen-bond donors (Lipinski definition) is 1. The maximum Gasteiger partial charge on any atom is 0.328 e. The lowest BCUT2D eigenvalue weighted by molar-refractivity contribution is -0.144. The SMILES string of the molecule is CCOC(=O)[C@H](Cc1ccccc1)Nc1ncc(-c2ccccc2)nc1Cc1cccc(F)c1. The molecule has 0 bridgehead atoms. The molecule has 1 atom stereocenters. The summed E-state index contributed by atoms with van der Waals surface area (Å²) in [6.45, 7) is 2.06. The molecule has 34 heavy (non-hydrogen) atoms. The van der Waals surface area contributed by atoms with Gasteiger partial charge in [0.05, 0.1) is 24.2 Å². The van der Waals surface area contributed by atoms with E-state index < -0.39 is 6.04 Å². The van der Waals surface area contributed by atoms with Gasteiger partial charge in [-0.2, -0.15) is 0 Å². The van der Waals surface area contributed by atoms with E-state index in [2.05, 4.69) is 10.3 Å². The highest BCUT2D eigenvalue weighted by molar-refractivity contribution is 5.79. The molecule has 0 aliphatic carbocycles. The minimum Gasteiger partial charge on any atom is -0.464 e. The van der Waals surface area contributed by atoms with E-state index in [4.69, 9.17) is 9.72 Å². The molecule has 0 unspecified atom stereocenters. The number of carbonyl (C=O) groups is 1. The van der Waals surface area contributed by atoms with Gasteiger partial charge >= 0.3 is 5.97 Å². The van der Waals surface area contributed by atoms with Crippen LogP contribution in [0, 0.1) is 5.82 Å². The Hall–Kier alpha value is -4.06. The van der Waals surface area contributed by atoms with Gasteiger partial charge in [-0.25, -0.2) is 19.2 Å². The van der Waals surface area contributed by atoms with Crippen LogP contribution in [-0.2, 0) is 22.4 Å². The Morgan fingerprint density at radius 3 is 2.38 bits per heavy atom. The Kier molecular flexibility index (Phi) is 7.60. The molecule has 0 spiro atoms. The Morgan fingerprint density at radius 2 is 1.68 bits per heavy atom. The second-order valence-electron chi connectivity index (χ2n) is 7.86. The molecule has 0 amide bonds. The number of esters is 1. The number of halogens is 1. The first-order valence-corrected chi connectivity index (χ1v) is 11.2. The smallest absolute Gasteiger partial charge is 0.328 e. The summed E-state index contributed by atoms with van der Waals surface area (Å²) in [5, 5.41) is 3.25. The van der Waals surface area contributed by atoms with Crippen LogP contribution in [0.25, 0.3) is 11.3 Å². The molecule has 5 nitrogen and oxygen atoms in total. The van der Waals surface area contributed by atoms with E-state index in [0.29, 0.717) is 30.0 Å². The van der Waals surface area contributed by atoms with Crippen LogP contribution < -0.4 is 5.32 Å². The molecular formula is C28H26FN3O2. The van der Waals surface area contributed by atoms with Crippen LogP contribution in [0.15, 0.2) is 91.1 Å². The van der Waals surface area contributed by atoms with Crippen molar-refractivity contribution in [1.82, 2.24) is 9.97 Å². The van der Waals surface area contributed by atoms with Crippen LogP contribution in [0.5, 0.6) is 0 Å². The average Bonchev–Trinajstić information content (AvgIpc) is 2.86. The van der Waals surface area contributed by atoms with Crippen LogP contribution in [0.4, 0.5) is 10.2 Å². The number of anilines is 1. The highest BCUT2D eigenvalue weighted by atomic mass is 19.1. The number of ether oxygens (including phenoxy) is 1. The van der Waals surface area contributed by atoms with E-state index in [1.807, 2.05) is 66.7 Å². The Balaban J connectivity index is 1.69. The summed E-state index contributed by atoms with van der Waals surface area (Å²) in [7, 11) is 0. The van der Waals surface area contributed by atoms with E-state index in [1.165, 1.54) is 12.1 Å². The molecule has 0 aliphatic heterocycles. The number of rotatable bonds is 9. The predicted octanol–water partition coefficient (Wildman–Crippen LogP) is 5.46. The van der Waals surface area contributed by atoms with Crippen molar-refractivity contribution in [1.29, 1.82) is 0 Å². The van der Waals surface area contributed by atoms with E-state index in [1.54, 1.807) is 19.2 Å². The highest BCUT2D eigenvalue weighted by Crippen LogP contribution is 2.23. The molecule has 0 saturated carbocycles. The number of hydrogen-bond acceptors (Lipinski definition) is 5. The lowest BCUT2D eigenvalue weighted by Gasteiger charge is -2.20. The van der Waals surface area contributed by atoms with Gasteiger partial charge < -0.3 is 10.1 Å². The molecule has 4 aromatic rings. The average molecular weight is 456 g/mol. The summed E-state index contributed by atoms with van der Waals surface area (Å²) in [4.78, 5) is 22.2. The van der Waals surface area contributed by atoms with Crippen LogP contribution in [0.1, 0.15) is 23.7 Å². The zero-order valence-electron chi connectivity index (χ0n) is 18.9. The van der Waals surface area contributed by atoms with Gasteiger partial charge in [-0.1, -0.05) is 72.8 Å². The second kappa shape index (κ2) is 11.2. The predicted molar refractivity (Wildman–Crippen MR) is 131 cm³/mol. The fourth-order valence-electron chi connectivity index (χ4n) is 3.71. The third kappa shape index (κ3) is 6.04. The van der Waals surface area contributed by atoms with E-state index in [0.717, 1.165) is 16.7 Å². The van der Waals surface area contributed by atoms with Gasteiger partial charge in [0.25, 0.3) is 0 Å². The summed E-state index contributed by atoms with van der Waals surface area (Å²) in [5.74, 6) is -0.206. The van der Waals surface area contributed by atoms with Gasteiger partial charge in [-0.05, 0) is 30.2 Å². The summed E-state index contributed by atoms with van der Waals surface area (Å²) in [5.41, 5.74) is 4.00. The molecule has 6 heteroatoms. The van der Waals surface area contributed by atoms with Crippen molar-refractivity contribution >= 4 is 11.8 Å². The fraction of sp³-hybridized carbons (Fsp3) is 0.179. The van der Waals surface area contributed by atoms with E-state index in [-0.39, 0.29) is 18.4 Å². The molecule has 0 aliphatic rings. The largest absolute Gasteiger partial charge is 0.464 e. The van der Waals surface area contributed by atoms with E-state index in [9.17, 15) is 9.18 Å². The summed E-state index contributed by atoms with van der Waals surface area (Å²) in [6.07, 6.45) is 2.47. The molecule has 0 fully saturated rings. The van der Waals surface area contributed by atoms with Crippen LogP contribution in [-0.4, -0.2) is 28.6 Å². The first-order valence-electron chi connectivity index (χ1n) is 11.2. The van der Waals surface area contributed by atoms with Crippen molar-refractivity contribution in [3.8, 4) is 11.3 Å². The van der Waals surface area contributed by atoms with E-state index >= 15 is 0 Å². The van der Waals surface area contributed by atoms with Gasteiger partial charge in [0.1, 0.15) is 17.7 Å². The molecule has 1 heterocycles. The first-order chi connectivity index (χ1) is 16.6. The third-order valence-electron chi connectivity index (χ3n) is 5.34. The minimum atomic E-state index is -0.648. The Bertz CT molecular complexity index is 1230. The fourth-order valence-corrected chi connectivity index (χ4v) is 3.71. The normalized spacial score (nSPS) is 11.6. The zero-order chi connectivity index (χ0) is 23.8. The minimum absolute atomic E-state index is 0.278. The standard InChI is InChI=1S/C28H26FN3O2/c1-2-34-28(33)25(17-20-10-5-3-6-11-20)32-27-24(18-21-12-9-15-23(29)16-21)31-26(19-30-27)22-13-7-4-8-14-22/h3-16,19,25H,2,17-18H2,1H3,(H,30,32)/t25-/m0/s1. The van der Waals surface area contributed by atoms with Crippen LogP contribution in [0.2, 0.25) is 0 Å². The maximum absolute atomic E-state index is 13.8. The maximum atomic E-state index is 13.8. The summed E-state index contributed by atoms with van der Waals surface area (Å²) in [6, 6.07) is 25.2. The molecule has 1 N–H and O–H groups in total. The van der Waals surface area contributed by atoms with Crippen molar-refractivity contribution in [2.75, 3.05) is 11.9 Å². The van der Waals surface area contributed by atoms with Gasteiger partial charge in [-0.3, -0.25) is 0 Å². The third-order valence-corrected chi connectivity index (χ3v) is 5.34. The number of nitrogens with zero attached hydrogens (tertiary/aromatic N) is 2. The molecular weight excluding hydrogens is 429 g/mol. The van der Waals surface area contributed by atoms with Gasteiger partial charge in [0.2, 0.25) is 0 Å². The monoisotopic (exact) mass is 455 g/mol. The second-order valence-corrected chi connectivity index (χ2v) is 7.86. The molecule has 0 radical (unpaired) electrons. The molecule has 4 rings (SSSR count). The first kappa shape index (κ1) is 23.1. The van der Waals surface area contributed by atoms with Crippen LogP contribution >= 0.6 is 0 Å². The van der Waals surface area contributed by atoms with Crippen molar-refractivity contribution in [2.24, 2.45) is 0 Å². The zero-order valence-corrected chi connectivity index (χ0v) is 18.9. The lowest BCUT2D eigenvalue weighted by Crippen LogP contribution is -2.34. The molecule has 172 valence electrons. The number of benzene rings is 3. The number of nitrogens with one attached hydrogen (secondary N) is 1. The number of aromatic nitrogens is 2. The Labute approximate surface area is 198 Å². The lowest BCUT2D eigenvalue weighted by atomic mass is 10.0. The van der Waals surface area contributed by atoms with Gasteiger partial charge in [0, 0.05) is 18.4 Å². The van der Waals surface area contributed by atoms with Crippen molar-refractivity contribution in [3.05, 3.63) is 114 Å². The van der Waals surface area contributed by atoms with Crippen molar-refractivity contribution < 1.29 is 13.9 Å². The topological polar surface area (TPSA) is 64.1 Å². The summed E-state index contributed by atoms with van der Waals surface area (Å²) >= 11 is 0. The molecule has 3 aromatic carbocycles. The molecule has 1 aromatic heterocycles.